The zero-order valence-electron chi connectivity index (χ0n) is 16.4. The Morgan fingerprint density at radius 2 is 2.00 bits per heavy atom. The van der Waals surface area contributed by atoms with Gasteiger partial charge in [0.2, 0.25) is 0 Å². The van der Waals surface area contributed by atoms with Crippen molar-refractivity contribution in [3.63, 3.8) is 0 Å². The molecule has 2 heterocycles. The third-order valence-corrected chi connectivity index (χ3v) is 5.90. The van der Waals surface area contributed by atoms with E-state index in [1.54, 1.807) is 0 Å². The van der Waals surface area contributed by atoms with Gasteiger partial charge in [-0.15, -0.1) is 0 Å². The van der Waals surface area contributed by atoms with E-state index >= 15 is 0 Å². The van der Waals surface area contributed by atoms with Gasteiger partial charge in [-0.05, 0) is 41.2 Å². The largest absolute Gasteiger partial charge is 0.493 e. The summed E-state index contributed by atoms with van der Waals surface area (Å²) in [4.78, 5) is 0. The monoisotopic (exact) mass is 380 g/mol. The first kappa shape index (κ1) is 19.2. The van der Waals surface area contributed by atoms with Crippen LogP contribution in [-0.2, 0) is 17.6 Å². The molecule has 1 fully saturated rings. The second kappa shape index (κ2) is 8.08. The standard InChI is InChI=1S/C24H28O4/c1-3-16-4-6-17(7-5-16)10-18-11-22(15(2)24-21(18)8-9-27-24)23-13-19(26)12-20(14-25)28-23/h3-7,11,19-20,23,25-26H,1,8-10,12-14H2,2H3. The zero-order valence-corrected chi connectivity index (χ0v) is 16.4. The normalized spacial score (nSPS) is 23.9. The summed E-state index contributed by atoms with van der Waals surface area (Å²) in [6.45, 7) is 6.52. The smallest absolute Gasteiger partial charge is 0.126 e. The van der Waals surface area contributed by atoms with Gasteiger partial charge in [0, 0.05) is 24.8 Å². The molecule has 28 heavy (non-hydrogen) atoms. The molecule has 0 bridgehead atoms. The predicted molar refractivity (Wildman–Crippen MR) is 110 cm³/mol. The maximum absolute atomic E-state index is 10.3. The molecule has 2 N–H and O–H groups in total. The molecule has 1 saturated heterocycles. The Bertz CT molecular complexity index is 856. The average molecular weight is 380 g/mol. The van der Waals surface area contributed by atoms with Crippen LogP contribution in [0, 0.1) is 6.92 Å². The summed E-state index contributed by atoms with van der Waals surface area (Å²) in [6, 6.07) is 10.7. The third kappa shape index (κ3) is 3.72. The summed E-state index contributed by atoms with van der Waals surface area (Å²) in [5.74, 6) is 0.972. The van der Waals surface area contributed by atoms with Gasteiger partial charge in [-0.25, -0.2) is 0 Å². The number of hydrogen-bond acceptors (Lipinski definition) is 4. The van der Waals surface area contributed by atoms with Crippen LogP contribution in [0.5, 0.6) is 5.75 Å². The van der Waals surface area contributed by atoms with E-state index in [2.05, 4.69) is 43.8 Å². The SMILES string of the molecule is C=Cc1ccc(Cc2cc(C3CC(O)CC(CO)O3)c(C)c3c2CCO3)cc1. The van der Waals surface area contributed by atoms with Crippen LogP contribution in [0.4, 0.5) is 0 Å². The molecule has 2 aromatic rings. The molecule has 3 unspecified atom stereocenters. The predicted octanol–water partition coefficient (Wildman–Crippen LogP) is 3.74. The van der Waals surface area contributed by atoms with E-state index < -0.39 is 6.10 Å². The molecule has 3 atom stereocenters. The Kier molecular flexibility index (Phi) is 5.54. The maximum Gasteiger partial charge on any atom is 0.126 e. The van der Waals surface area contributed by atoms with E-state index in [-0.39, 0.29) is 18.8 Å². The quantitative estimate of drug-likeness (QED) is 0.830. The molecule has 4 rings (SSSR count). The van der Waals surface area contributed by atoms with Gasteiger partial charge in [-0.2, -0.15) is 0 Å². The summed E-state index contributed by atoms with van der Waals surface area (Å²) in [6.07, 6.45) is 3.62. The van der Waals surface area contributed by atoms with Crippen LogP contribution in [0.2, 0.25) is 0 Å². The molecule has 0 saturated carbocycles. The van der Waals surface area contributed by atoms with Gasteiger partial charge in [0.25, 0.3) is 0 Å². The first-order valence-corrected chi connectivity index (χ1v) is 10.0. The Balaban J connectivity index is 1.69. The number of aliphatic hydroxyl groups excluding tert-OH is 2. The molecule has 0 amide bonds. The van der Waals surface area contributed by atoms with Gasteiger partial charge in [0.15, 0.2) is 0 Å². The molecule has 0 spiro atoms. The van der Waals surface area contributed by atoms with Crippen molar-refractivity contribution >= 4 is 6.08 Å². The number of aliphatic hydroxyl groups is 2. The van der Waals surface area contributed by atoms with Crippen LogP contribution in [0.1, 0.15) is 52.3 Å². The minimum absolute atomic E-state index is 0.0729. The Labute approximate surface area is 166 Å². The second-order valence-corrected chi connectivity index (χ2v) is 7.83. The summed E-state index contributed by atoms with van der Waals surface area (Å²) in [5.41, 5.74) is 7.05. The van der Waals surface area contributed by atoms with Crippen molar-refractivity contribution in [3.8, 4) is 5.75 Å². The van der Waals surface area contributed by atoms with Crippen molar-refractivity contribution in [2.45, 2.75) is 50.9 Å². The minimum atomic E-state index is -0.459. The van der Waals surface area contributed by atoms with E-state index in [1.165, 1.54) is 16.7 Å². The summed E-state index contributed by atoms with van der Waals surface area (Å²) < 4.78 is 12.1. The van der Waals surface area contributed by atoms with Gasteiger partial charge >= 0.3 is 0 Å². The van der Waals surface area contributed by atoms with Crippen LogP contribution in [0.25, 0.3) is 6.08 Å². The molecule has 4 heteroatoms. The lowest BCUT2D eigenvalue weighted by Crippen LogP contribution is -2.33. The average Bonchev–Trinajstić information content (AvgIpc) is 3.21. The fourth-order valence-corrected chi connectivity index (χ4v) is 4.40. The molecule has 4 nitrogen and oxygen atoms in total. The summed E-state index contributed by atoms with van der Waals surface area (Å²) in [5, 5.41) is 19.8. The molecule has 148 valence electrons. The number of fused-ring (bicyclic) bond motifs is 1. The number of hydrogen-bond donors (Lipinski definition) is 2. The van der Waals surface area contributed by atoms with E-state index in [1.807, 2.05) is 6.08 Å². The topological polar surface area (TPSA) is 58.9 Å². The van der Waals surface area contributed by atoms with E-state index in [4.69, 9.17) is 9.47 Å². The summed E-state index contributed by atoms with van der Waals surface area (Å²) >= 11 is 0. The number of rotatable bonds is 5. The van der Waals surface area contributed by atoms with E-state index in [0.29, 0.717) is 19.4 Å². The highest BCUT2D eigenvalue weighted by Crippen LogP contribution is 2.41. The number of benzene rings is 2. The highest BCUT2D eigenvalue weighted by Gasteiger charge is 2.32. The molecule has 0 aromatic heterocycles. The Morgan fingerprint density at radius 1 is 1.21 bits per heavy atom. The maximum atomic E-state index is 10.3. The van der Waals surface area contributed by atoms with Crippen molar-refractivity contribution in [2.24, 2.45) is 0 Å². The summed E-state index contributed by atoms with van der Waals surface area (Å²) in [7, 11) is 0. The van der Waals surface area contributed by atoms with Crippen molar-refractivity contribution in [3.05, 3.63) is 70.3 Å². The highest BCUT2D eigenvalue weighted by atomic mass is 16.5. The molecule has 2 aromatic carbocycles. The molecule has 2 aliphatic heterocycles. The van der Waals surface area contributed by atoms with Gasteiger partial charge in [-0.3, -0.25) is 0 Å². The van der Waals surface area contributed by atoms with Crippen molar-refractivity contribution in [1.82, 2.24) is 0 Å². The Morgan fingerprint density at radius 3 is 2.71 bits per heavy atom. The fraction of sp³-hybridized carbons (Fsp3) is 0.417. The fourth-order valence-electron chi connectivity index (χ4n) is 4.40. The molecule has 2 aliphatic rings. The van der Waals surface area contributed by atoms with Crippen LogP contribution in [0.3, 0.4) is 0 Å². The molecular formula is C24H28O4. The number of ether oxygens (including phenoxy) is 2. The van der Waals surface area contributed by atoms with E-state index in [0.717, 1.165) is 35.3 Å². The Hall–Kier alpha value is -2.14. The zero-order chi connectivity index (χ0) is 19.7. The van der Waals surface area contributed by atoms with Crippen LogP contribution in [0.15, 0.2) is 36.9 Å². The van der Waals surface area contributed by atoms with Crippen molar-refractivity contribution in [1.29, 1.82) is 0 Å². The van der Waals surface area contributed by atoms with Crippen LogP contribution >= 0.6 is 0 Å². The highest BCUT2D eigenvalue weighted by molar-refractivity contribution is 5.55. The van der Waals surface area contributed by atoms with Gasteiger partial charge < -0.3 is 19.7 Å². The van der Waals surface area contributed by atoms with E-state index in [9.17, 15) is 10.2 Å². The lowest BCUT2D eigenvalue weighted by atomic mass is 9.88. The lowest BCUT2D eigenvalue weighted by molar-refractivity contribution is -0.114. The van der Waals surface area contributed by atoms with Crippen molar-refractivity contribution < 1.29 is 19.7 Å². The van der Waals surface area contributed by atoms with Gasteiger partial charge in [-0.1, -0.05) is 43.0 Å². The van der Waals surface area contributed by atoms with Gasteiger partial charge in [0.1, 0.15) is 5.75 Å². The first-order chi connectivity index (χ1) is 13.6. The lowest BCUT2D eigenvalue weighted by Gasteiger charge is -2.34. The second-order valence-electron chi connectivity index (χ2n) is 7.83. The molecule has 0 radical (unpaired) electrons. The minimum Gasteiger partial charge on any atom is -0.493 e. The van der Waals surface area contributed by atoms with Crippen LogP contribution < -0.4 is 4.74 Å². The molecular weight excluding hydrogens is 352 g/mol. The van der Waals surface area contributed by atoms with Crippen LogP contribution in [-0.4, -0.2) is 35.6 Å². The van der Waals surface area contributed by atoms with Gasteiger partial charge in [0.05, 0.1) is 31.5 Å². The van der Waals surface area contributed by atoms with Crippen molar-refractivity contribution in [2.75, 3.05) is 13.2 Å². The molecule has 0 aliphatic carbocycles. The first-order valence-electron chi connectivity index (χ1n) is 10.0. The third-order valence-electron chi connectivity index (χ3n) is 5.90.